The first-order chi connectivity index (χ1) is 13.1. The third kappa shape index (κ3) is 5.49. The molecule has 2 amide bonds. The van der Waals surface area contributed by atoms with E-state index in [-0.39, 0.29) is 17.4 Å². The maximum atomic E-state index is 12.6. The molecule has 0 bridgehead atoms. The van der Waals surface area contributed by atoms with E-state index in [9.17, 15) is 9.59 Å². The van der Waals surface area contributed by atoms with Crippen molar-refractivity contribution < 1.29 is 14.3 Å². The molecular weight excluding hydrogens is 352 g/mol. The van der Waals surface area contributed by atoms with Crippen LogP contribution >= 0.6 is 0 Å². The van der Waals surface area contributed by atoms with E-state index in [4.69, 9.17) is 4.74 Å². The Hall–Kier alpha value is -2.04. The number of nitrogens with one attached hydrogen (secondary N) is 2. The highest BCUT2D eigenvalue weighted by Crippen LogP contribution is 2.49. The number of amides is 2. The number of hydrogen-bond donors (Lipinski definition) is 2. The minimum absolute atomic E-state index is 0.00370. The zero-order valence-electron chi connectivity index (χ0n) is 17.9. The fourth-order valence-electron chi connectivity index (χ4n) is 3.93. The van der Waals surface area contributed by atoms with Gasteiger partial charge in [-0.1, -0.05) is 23.8 Å². The molecule has 3 rings (SSSR count). The van der Waals surface area contributed by atoms with Gasteiger partial charge in [-0.25, -0.2) is 4.79 Å². The smallest absolute Gasteiger partial charge is 0.407 e. The van der Waals surface area contributed by atoms with Gasteiger partial charge in [-0.3, -0.25) is 4.79 Å². The van der Waals surface area contributed by atoms with Crippen molar-refractivity contribution >= 4 is 12.0 Å². The Morgan fingerprint density at radius 3 is 2.43 bits per heavy atom. The molecule has 0 radical (unpaired) electrons. The van der Waals surface area contributed by atoms with Crippen LogP contribution in [0.4, 0.5) is 4.79 Å². The van der Waals surface area contributed by atoms with Gasteiger partial charge in [0, 0.05) is 24.4 Å². The van der Waals surface area contributed by atoms with Crippen LogP contribution in [0.1, 0.15) is 69.6 Å². The molecule has 2 aliphatic rings. The van der Waals surface area contributed by atoms with Gasteiger partial charge < -0.3 is 15.4 Å². The summed E-state index contributed by atoms with van der Waals surface area (Å²) in [4.78, 5) is 24.7. The first-order valence-corrected chi connectivity index (χ1v) is 10.4. The van der Waals surface area contributed by atoms with Crippen molar-refractivity contribution in [1.29, 1.82) is 0 Å². The minimum atomic E-state index is -0.537. The number of aryl methyl sites for hydroxylation is 2. The maximum absolute atomic E-state index is 12.6. The van der Waals surface area contributed by atoms with Gasteiger partial charge in [-0.05, 0) is 77.3 Å². The van der Waals surface area contributed by atoms with Crippen LogP contribution in [0.15, 0.2) is 18.2 Å². The number of rotatable bonds is 7. The second-order valence-electron chi connectivity index (χ2n) is 9.67. The van der Waals surface area contributed by atoms with Crippen LogP contribution in [0.5, 0.6) is 0 Å². The molecule has 2 saturated carbocycles. The highest BCUT2D eigenvalue weighted by Gasteiger charge is 2.45. The van der Waals surface area contributed by atoms with Crippen LogP contribution in [0.3, 0.4) is 0 Å². The predicted molar refractivity (Wildman–Crippen MR) is 110 cm³/mol. The summed E-state index contributed by atoms with van der Waals surface area (Å²) in [6.45, 7) is 10.4. The molecule has 0 aromatic heterocycles. The summed E-state index contributed by atoms with van der Waals surface area (Å²) >= 11 is 0. The summed E-state index contributed by atoms with van der Waals surface area (Å²) in [6, 6.07) is 6.43. The Balaban J connectivity index is 1.53. The van der Waals surface area contributed by atoms with Gasteiger partial charge in [0.15, 0.2) is 0 Å². The average molecular weight is 387 g/mol. The lowest BCUT2D eigenvalue weighted by atomic mass is 9.90. The molecule has 2 fully saturated rings. The Bertz CT molecular complexity index is 743. The molecule has 0 aliphatic heterocycles. The van der Waals surface area contributed by atoms with Gasteiger partial charge in [0.1, 0.15) is 5.60 Å². The van der Waals surface area contributed by atoms with Crippen LogP contribution in [0, 0.1) is 19.8 Å². The number of hydrogen-bond acceptors (Lipinski definition) is 3. The summed E-state index contributed by atoms with van der Waals surface area (Å²) in [5, 5.41) is 6.03. The van der Waals surface area contributed by atoms with Crippen molar-refractivity contribution in [1.82, 2.24) is 10.6 Å². The lowest BCUT2D eigenvalue weighted by molar-refractivity contribution is -0.121. The SMILES string of the molecule is Cc1ccc(C2(CNC(=O)CC(NC(=O)OC(C)(C)C)C3CC3)CC2)c(C)c1. The normalized spacial score (nSPS) is 18.9. The van der Waals surface area contributed by atoms with Gasteiger partial charge in [0.05, 0.1) is 0 Å². The minimum Gasteiger partial charge on any atom is -0.444 e. The van der Waals surface area contributed by atoms with Crippen molar-refractivity contribution in [3.63, 3.8) is 0 Å². The number of carbonyl (C=O) groups excluding carboxylic acids is 2. The molecule has 5 heteroatoms. The fraction of sp³-hybridized carbons (Fsp3) is 0.652. The molecular formula is C23H34N2O3. The zero-order chi connectivity index (χ0) is 20.5. The molecule has 1 atom stereocenters. The number of ether oxygens (including phenoxy) is 1. The van der Waals surface area contributed by atoms with E-state index < -0.39 is 11.7 Å². The van der Waals surface area contributed by atoms with E-state index >= 15 is 0 Å². The lowest BCUT2D eigenvalue weighted by Crippen LogP contribution is -2.43. The first-order valence-electron chi connectivity index (χ1n) is 10.4. The Morgan fingerprint density at radius 2 is 1.89 bits per heavy atom. The largest absolute Gasteiger partial charge is 0.444 e. The van der Waals surface area contributed by atoms with Crippen LogP contribution in [0.25, 0.3) is 0 Å². The van der Waals surface area contributed by atoms with Crippen molar-refractivity contribution in [3.05, 3.63) is 34.9 Å². The third-order valence-corrected chi connectivity index (χ3v) is 5.73. The Labute approximate surface area is 168 Å². The highest BCUT2D eigenvalue weighted by molar-refractivity contribution is 5.78. The van der Waals surface area contributed by atoms with Crippen molar-refractivity contribution in [2.75, 3.05) is 6.54 Å². The quantitative estimate of drug-likeness (QED) is 0.740. The van der Waals surface area contributed by atoms with Gasteiger partial charge in [-0.15, -0.1) is 0 Å². The topological polar surface area (TPSA) is 67.4 Å². The van der Waals surface area contributed by atoms with E-state index in [0.717, 1.165) is 25.7 Å². The van der Waals surface area contributed by atoms with Crippen molar-refractivity contribution in [2.24, 2.45) is 5.92 Å². The second-order valence-corrected chi connectivity index (χ2v) is 9.67. The van der Waals surface area contributed by atoms with E-state index in [2.05, 4.69) is 42.7 Å². The number of carbonyl (C=O) groups is 2. The van der Waals surface area contributed by atoms with Gasteiger partial charge in [0.2, 0.25) is 5.91 Å². The van der Waals surface area contributed by atoms with E-state index in [1.165, 1.54) is 16.7 Å². The molecule has 0 heterocycles. The van der Waals surface area contributed by atoms with Crippen LogP contribution in [0.2, 0.25) is 0 Å². The van der Waals surface area contributed by atoms with Crippen LogP contribution in [-0.4, -0.2) is 30.2 Å². The van der Waals surface area contributed by atoms with E-state index in [0.29, 0.717) is 18.9 Å². The molecule has 2 aliphatic carbocycles. The average Bonchev–Trinajstić information content (AvgIpc) is 3.45. The first kappa shape index (κ1) is 20.7. The van der Waals surface area contributed by atoms with Gasteiger partial charge >= 0.3 is 6.09 Å². The molecule has 1 aromatic carbocycles. The Morgan fingerprint density at radius 1 is 1.21 bits per heavy atom. The highest BCUT2D eigenvalue weighted by atomic mass is 16.6. The predicted octanol–water partition coefficient (Wildman–Crippen LogP) is 4.14. The summed E-state index contributed by atoms with van der Waals surface area (Å²) in [6.07, 6.45) is 4.21. The molecule has 1 aromatic rings. The zero-order valence-corrected chi connectivity index (χ0v) is 17.9. The number of benzene rings is 1. The summed E-state index contributed by atoms with van der Waals surface area (Å²) < 4.78 is 5.35. The van der Waals surface area contributed by atoms with Crippen LogP contribution < -0.4 is 10.6 Å². The maximum Gasteiger partial charge on any atom is 0.407 e. The standard InChI is InChI=1S/C23H34N2O3/c1-15-6-9-18(16(2)12-15)23(10-11-23)14-24-20(26)13-19(17-7-8-17)25-21(27)28-22(3,4)5/h6,9,12,17,19H,7-8,10-11,13-14H2,1-5H3,(H,24,26)(H,25,27). The number of alkyl carbamates (subject to hydrolysis) is 1. The lowest BCUT2D eigenvalue weighted by Gasteiger charge is -2.24. The third-order valence-electron chi connectivity index (χ3n) is 5.73. The molecule has 1 unspecified atom stereocenters. The molecule has 0 spiro atoms. The van der Waals surface area contributed by atoms with E-state index in [1.807, 2.05) is 20.8 Å². The summed E-state index contributed by atoms with van der Waals surface area (Å²) in [5.41, 5.74) is 3.46. The fourth-order valence-corrected chi connectivity index (χ4v) is 3.93. The molecule has 5 nitrogen and oxygen atoms in total. The molecule has 0 saturated heterocycles. The van der Waals surface area contributed by atoms with Gasteiger partial charge in [0.25, 0.3) is 0 Å². The molecule has 2 N–H and O–H groups in total. The monoisotopic (exact) mass is 386 g/mol. The summed E-state index contributed by atoms with van der Waals surface area (Å²) in [5.74, 6) is 0.386. The van der Waals surface area contributed by atoms with Gasteiger partial charge in [-0.2, -0.15) is 0 Å². The molecule has 28 heavy (non-hydrogen) atoms. The van der Waals surface area contributed by atoms with Crippen molar-refractivity contribution in [2.45, 2.75) is 83.8 Å². The second kappa shape index (κ2) is 7.76. The van der Waals surface area contributed by atoms with E-state index in [1.54, 1.807) is 0 Å². The van der Waals surface area contributed by atoms with Crippen LogP contribution in [-0.2, 0) is 14.9 Å². The molecule has 154 valence electrons. The van der Waals surface area contributed by atoms with Crippen molar-refractivity contribution in [3.8, 4) is 0 Å². The Kier molecular flexibility index (Phi) is 5.74. The summed E-state index contributed by atoms with van der Waals surface area (Å²) in [7, 11) is 0.